The van der Waals surface area contributed by atoms with E-state index in [1.807, 2.05) is 20.8 Å². The standard InChI is InChI=1S/C27H42O12S3/c1-10-13(7-40-25-22(34)19(31)16(28)4-37-25)11(2)15(9-42-27-24(36)21(33)18(30)6-39-27)12(3)14(10)8-41-26-23(35)20(32)17(29)5-38-26/h16-36H,4-9H2,1-3H3/t16-,17-,18-,19+,20+,21+,22-,23-,24-,25+,26+,27+/m1/s1. The van der Waals surface area contributed by atoms with Gasteiger partial charge >= 0.3 is 0 Å². The number of aliphatic hydroxyl groups is 9. The maximum absolute atomic E-state index is 10.5. The van der Waals surface area contributed by atoms with E-state index in [0.717, 1.165) is 33.4 Å². The van der Waals surface area contributed by atoms with E-state index in [0.29, 0.717) is 17.3 Å². The number of thioether (sulfide) groups is 3. The summed E-state index contributed by atoms with van der Waals surface area (Å²) in [4.78, 5) is 0. The molecule has 12 nitrogen and oxygen atoms in total. The molecule has 1 aromatic rings. The molecule has 0 bridgehead atoms. The summed E-state index contributed by atoms with van der Waals surface area (Å²) in [5, 5.41) is 91.1. The molecule has 12 atom stereocenters. The Labute approximate surface area is 257 Å². The lowest BCUT2D eigenvalue weighted by Gasteiger charge is -2.36. The summed E-state index contributed by atoms with van der Waals surface area (Å²) in [6.07, 6.45) is -11.3. The Morgan fingerprint density at radius 1 is 0.452 bits per heavy atom. The molecule has 4 rings (SSSR count). The molecule has 0 unspecified atom stereocenters. The van der Waals surface area contributed by atoms with Crippen LogP contribution in [0.2, 0.25) is 0 Å². The second-order valence-corrected chi connectivity index (χ2v) is 14.3. The highest BCUT2D eigenvalue weighted by Crippen LogP contribution is 2.39. The Morgan fingerprint density at radius 2 is 0.690 bits per heavy atom. The van der Waals surface area contributed by atoms with Gasteiger partial charge in [0.2, 0.25) is 0 Å². The normalized spacial score (nSPS) is 39.4. The monoisotopic (exact) mass is 654 g/mol. The highest BCUT2D eigenvalue weighted by atomic mass is 32.2. The van der Waals surface area contributed by atoms with Crippen LogP contribution in [0.15, 0.2) is 0 Å². The molecule has 240 valence electrons. The Kier molecular flexibility index (Phi) is 12.3. The van der Waals surface area contributed by atoms with Crippen molar-refractivity contribution in [2.75, 3.05) is 19.8 Å². The summed E-state index contributed by atoms with van der Waals surface area (Å²) in [6.45, 7) is 5.63. The van der Waals surface area contributed by atoms with Crippen molar-refractivity contribution in [1.29, 1.82) is 0 Å². The SMILES string of the molecule is Cc1c(CS[C@@H]2OC[C@@H](O)[C@H](O)[C@H]2O)c(C)c(CS[C@@H]2OC[C@@H](O)[C@H](O)[C@H]2O)c(C)c1CS[C@@H]1OC[C@@H](O)[C@H](O)[C@H]1O. The van der Waals surface area contributed by atoms with Crippen LogP contribution in [0.25, 0.3) is 0 Å². The molecule has 0 aliphatic carbocycles. The largest absolute Gasteiger partial charge is 0.388 e. The first-order valence-electron chi connectivity index (χ1n) is 13.8. The molecule has 9 N–H and O–H groups in total. The number of hydrogen-bond donors (Lipinski definition) is 9. The fraction of sp³-hybridized carbons (Fsp3) is 0.778. The average molecular weight is 655 g/mol. The molecule has 0 aromatic heterocycles. The number of hydrogen-bond acceptors (Lipinski definition) is 15. The Bertz CT molecular complexity index is 916. The molecule has 15 heteroatoms. The van der Waals surface area contributed by atoms with Crippen LogP contribution in [-0.4, -0.2) is 137 Å². The van der Waals surface area contributed by atoms with Gasteiger partial charge in [0.05, 0.1) is 19.8 Å². The van der Waals surface area contributed by atoms with Gasteiger partial charge in [-0.05, 0) is 54.2 Å². The molecule has 42 heavy (non-hydrogen) atoms. The molecule has 3 fully saturated rings. The summed E-state index contributed by atoms with van der Waals surface area (Å²) in [5.41, 5.74) is 3.57. The summed E-state index contributed by atoms with van der Waals surface area (Å²) < 4.78 is 16.8. The highest BCUT2D eigenvalue weighted by Gasteiger charge is 2.40. The van der Waals surface area contributed by atoms with Crippen molar-refractivity contribution >= 4 is 35.3 Å². The Morgan fingerprint density at radius 3 is 0.929 bits per heavy atom. The minimum Gasteiger partial charge on any atom is -0.388 e. The highest BCUT2D eigenvalue weighted by molar-refractivity contribution is 7.99. The van der Waals surface area contributed by atoms with Crippen LogP contribution in [-0.2, 0) is 31.5 Å². The zero-order valence-corrected chi connectivity index (χ0v) is 26.1. The molecule has 0 saturated carbocycles. The van der Waals surface area contributed by atoms with Crippen molar-refractivity contribution in [3.63, 3.8) is 0 Å². The predicted molar refractivity (Wildman–Crippen MR) is 158 cm³/mol. The fourth-order valence-electron chi connectivity index (χ4n) is 5.31. The molecule has 1 aromatic carbocycles. The second kappa shape index (κ2) is 14.9. The van der Waals surface area contributed by atoms with Gasteiger partial charge in [0, 0.05) is 17.3 Å². The van der Waals surface area contributed by atoms with Gasteiger partial charge in [0.1, 0.15) is 71.2 Å². The average Bonchev–Trinajstić information content (AvgIpc) is 2.96. The summed E-state index contributed by atoms with van der Waals surface area (Å²) in [6, 6.07) is 0. The van der Waals surface area contributed by atoms with E-state index in [1.165, 1.54) is 35.3 Å². The lowest BCUT2D eigenvalue weighted by molar-refractivity contribution is -0.161. The number of aliphatic hydroxyl groups excluding tert-OH is 9. The van der Waals surface area contributed by atoms with Gasteiger partial charge in [0.25, 0.3) is 0 Å². The maximum Gasteiger partial charge on any atom is 0.132 e. The van der Waals surface area contributed by atoms with Crippen molar-refractivity contribution in [3.05, 3.63) is 33.4 Å². The van der Waals surface area contributed by atoms with Gasteiger partial charge in [-0.2, -0.15) is 0 Å². The predicted octanol–water partition coefficient (Wildman–Crippen LogP) is -1.37. The number of benzene rings is 1. The first-order valence-corrected chi connectivity index (χ1v) is 16.9. The summed E-state index contributed by atoms with van der Waals surface area (Å²) in [5.74, 6) is 1.25. The summed E-state index contributed by atoms with van der Waals surface area (Å²) in [7, 11) is 0. The number of rotatable bonds is 9. The van der Waals surface area contributed by atoms with E-state index in [9.17, 15) is 46.0 Å². The summed E-state index contributed by atoms with van der Waals surface area (Å²) >= 11 is 3.91. The van der Waals surface area contributed by atoms with E-state index >= 15 is 0 Å². The molecule has 3 aliphatic heterocycles. The fourth-order valence-corrected chi connectivity index (χ4v) is 9.20. The van der Waals surface area contributed by atoms with Crippen LogP contribution in [0.5, 0.6) is 0 Å². The lowest BCUT2D eigenvalue weighted by Crippen LogP contribution is -2.51. The topological polar surface area (TPSA) is 210 Å². The van der Waals surface area contributed by atoms with Crippen molar-refractivity contribution in [1.82, 2.24) is 0 Å². The van der Waals surface area contributed by atoms with Crippen LogP contribution in [0.4, 0.5) is 0 Å². The van der Waals surface area contributed by atoms with Crippen LogP contribution < -0.4 is 0 Å². The molecular weight excluding hydrogens is 612 g/mol. The third-order valence-electron chi connectivity index (χ3n) is 8.25. The smallest absolute Gasteiger partial charge is 0.132 e. The van der Waals surface area contributed by atoms with Crippen molar-refractivity contribution < 1.29 is 60.2 Å². The third-order valence-corrected chi connectivity index (χ3v) is 11.9. The molecular formula is C27H42O12S3. The van der Waals surface area contributed by atoms with E-state index < -0.39 is 71.2 Å². The van der Waals surface area contributed by atoms with Gasteiger partial charge in [-0.15, -0.1) is 35.3 Å². The lowest BCUT2D eigenvalue weighted by atomic mass is 9.90. The van der Waals surface area contributed by atoms with E-state index in [4.69, 9.17) is 14.2 Å². The third kappa shape index (κ3) is 7.43. The van der Waals surface area contributed by atoms with Gasteiger partial charge in [-0.25, -0.2) is 0 Å². The van der Waals surface area contributed by atoms with Crippen molar-refractivity contribution in [3.8, 4) is 0 Å². The quantitative estimate of drug-likeness (QED) is 0.150. The van der Waals surface area contributed by atoms with E-state index in [2.05, 4.69) is 0 Å². The number of ether oxygens (including phenoxy) is 3. The second-order valence-electron chi connectivity index (χ2n) is 11.0. The first-order chi connectivity index (χ1) is 19.8. The van der Waals surface area contributed by atoms with Gasteiger partial charge < -0.3 is 60.2 Å². The zero-order valence-electron chi connectivity index (χ0n) is 23.6. The minimum atomic E-state index is -1.32. The minimum absolute atomic E-state index is 0.0972. The van der Waals surface area contributed by atoms with Crippen LogP contribution >= 0.6 is 35.3 Å². The van der Waals surface area contributed by atoms with Crippen molar-refractivity contribution in [2.24, 2.45) is 0 Å². The van der Waals surface area contributed by atoms with Gasteiger partial charge in [-0.1, -0.05) is 0 Å². The zero-order chi connectivity index (χ0) is 30.9. The molecule has 0 amide bonds. The maximum atomic E-state index is 10.5. The molecule has 0 radical (unpaired) electrons. The van der Waals surface area contributed by atoms with Crippen LogP contribution in [0.1, 0.15) is 33.4 Å². The molecule has 3 aliphatic rings. The van der Waals surface area contributed by atoms with Crippen LogP contribution in [0, 0.1) is 20.8 Å². The molecule has 3 saturated heterocycles. The molecule has 3 heterocycles. The van der Waals surface area contributed by atoms with Gasteiger partial charge in [-0.3, -0.25) is 0 Å². The Balaban J connectivity index is 1.58. The van der Waals surface area contributed by atoms with E-state index in [1.54, 1.807) is 0 Å². The van der Waals surface area contributed by atoms with Crippen molar-refractivity contribution in [2.45, 2.75) is 109 Å². The van der Waals surface area contributed by atoms with Gasteiger partial charge in [0.15, 0.2) is 0 Å². The Hall–Kier alpha value is -0.210. The van der Waals surface area contributed by atoms with E-state index in [-0.39, 0.29) is 19.8 Å². The molecule has 0 spiro atoms. The van der Waals surface area contributed by atoms with Crippen LogP contribution in [0.3, 0.4) is 0 Å². The first kappa shape index (κ1) is 34.7.